The van der Waals surface area contributed by atoms with E-state index in [2.05, 4.69) is 234 Å². The standard InChI is InChI=1S/C70H54N3O2.Pt/c1-69(2,3)52-39-50(38-51(40-52)60-42-48(35-36-71-60)45-21-14-9-15-22-45)54-23-16-24-62-65(54)72-68(73(62)61-33-27-47(41-59(61)70(4,5)6)44-19-12-8-13-20-44)64-63(74)34-32-58-57-31-30-55-53-28-25-46(43-17-10-7-11-18-43)37-49(53)26-29-56(55)66(57)75-67(58)64;/h7-37,39-42,74H,1-6H3;/q-1;. The van der Waals surface area contributed by atoms with Crippen LogP contribution in [0.2, 0.25) is 0 Å². The van der Waals surface area contributed by atoms with Crippen LogP contribution in [0.5, 0.6) is 5.75 Å². The second kappa shape index (κ2) is 18.8. The summed E-state index contributed by atoms with van der Waals surface area (Å²) in [6, 6.07) is 76.3. The Morgan fingerprint density at radius 2 is 1.07 bits per heavy atom. The van der Waals surface area contributed by atoms with E-state index in [1.54, 1.807) is 6.07 Å². The van der Waals surface area contributed by atoms with Crippen LogP contribution in [0.4, 0.5) is 0 Å². The minimum Gasteiger partial charge on any atom is -0.507 e. The Balaban J connectivity index is 0.00000582. The average molecular weight is 1160 g/mol. The Morgan fingerprint density at radius 1 is 0.487 bits per heavy atom. The SMILES string of the molecule is CC(C)(C)c1cc(-c2cc(-c3ccccc3)ccn2)[c-]c(-c2cccc3c2nc(-c2c(O)ccc4c2oc2c4ccc4c5ccc(-c6ccccc6)cc5ccc42)n3-c2ccc(-c3ccccc3)cc2C(C)(C)C)c1.[Pt]. The topological polar surface area (TPSA) is 64.1 Å². The van der Waals surface area contributed by atoms with E-state index in [4.69, 9.17) is 14.4 Å². The number of phenolic OH excluding ortho intramolecular Hbond substituents is 1. The normalized spacial score (nSPS) is 12.0. The maximum Gasteiger partial charge on any atom is 0.152 e. The molecule has 0 bridgehead atoms. The summed E-state index contributed by atoms with van der Waals surface area (Å²) in [6.07, 6.45) is 1.89. The first-order valence-electron chi connectivity index (χ1n) is 25.8. The summed E-state index contributed by atoms with van der Waals surface area (Å²) < 4.78 is 9.42. The van der Waals surface area contributed by atoms with Crippen LogP contribution in [0.15, 0.2) is 217 Å². The van der Waals surface area contributed by atoms with Crippen molar-refractivity contribution >= 4 is 54.5 Å². The van der Waals surface area contributed by atoms with Gasteiger partial charge in [0.25, 0.3) is 0 Å². The number of furan rings is 1. The van der Waals surface area contributed by atoms with E-state index in [1.807, 2.05) is 24.4 Å². The molecule has 0 atom stereocenters. The Labute approximate surface area is 457 Å². The number of aromatic nitrogens is 3. The van der Waals surface area contributed by atoms with Gasteiger partial charge in [0.05, 0.1) is 16.7 Å². The fraction of sp³-hybridized carbons (Fsp3) is 0.114. The molecule has 3 aromatic heterocycles. The summed E-state index contributed by atoms with van der Waals surface area (Å²) in [5.41, 5.74) is 16.7. The molecule has 0 fully saturated rings. The number of imidazole rings is 1. The van der Waals surface area contributed by atoms with Gasteiger partial charge < -0.3 is 9.52 Å². The van der Waals surface area contributed by atoms with Crippen molar-refractivity contribution in [3.8, 4) is 78.6 Å². The number of hydrogen-bond donors (Lipinski definition) is 1. The molecule has 0 saturated heterocycles. The van der Waals surface area contributed by atoms with Gasteiger partial charge in [0.1, 0.15) is 22.5 Å². The monoisotopic (exact) mass is 1160 g/mol. The molecule has 0 amide bonds. The molecule has 0 spiro atoms. The molecule has 13 aromatic rings. The number of hydrogen-bond acceptors (Lipinski definition) is 4. The Bertz CT molecular complexity index is 4370. The second-order valence-electron chi connectivity index (χ2n) is 21.9. The molecule has 5 nitrogen and oxygen atoms in total. The van der Waals surface area contributed by atoms with Crippen LogP contribution in [0.3, 0.4) is 0 Å². The molecule has 10 aromatic carbocycles. The molecule has 0 saturated carbocycles. The first-order chi connectivity index (χ1) is 36.4. The largest absolute Gasteiger partial charge is 0.507 e. The number of fused-ring (bicyclic) bond motifs is 8. The predicted molar refractivity (Wildman–Crippen MR) is 312 cm³/mol. The van der Waals surface area contributed by atoms with E-state index in [0.29, 0.717) is 17.0 Å². The summed E-state index contributed by atoms with van der Waals surface area (Å²) >= 11 is 0. The van der Waals surface area contributed by atoms with Crippen molar-refractivity contribution in [2.45, 2.75) is 52.4 Å². The zero-order chi connectivity index (χ0) is 51.2. The molecule has 6 heteroatoms. The number of benzene rings is 10. The van der Waals surface area contributed by atoms with Crippen molar-refractivity contribution in [1.29, 1.82) is 0 Å². The predicted octanol–water partition coefficient (Wildman–Crippen LogP) is 18.7. The second-order valence-corrected chi connectivity index (χ2v) is 21.9. The average Bonchev–Trinajstić information content (AvgIpc) is 4.03. The van der Waals surface area contributed by atoms with E-state index in [1.165, 1.54) is 11.1 Å². The van der Waals surface area contributed by atoms with E-state index >= 15 is 0 Å². The summed E-state index contributed by atoms with van der Waals surface area (Å²) in [7, 11) is 0. The fourth-order valence-corrected chi connectivity index (χ4v) is 11.0. The van der Waals surface area contributed by atoms with Crippen molar-refractivity contribution in [1.82, 2.24) is 14.5 Å². The van der Waals surface area contributed by atoms with Gasteiger partial charge in [-0.2, -0.15) is 0 Å². The zero-order valence-electron chi connectivity index (χ0n) is 43.2. The molecule has 0 radical (unpaired) electrons. The maximum atomic E-state index is 12.4. The summed E-state index contributed by atoms with van der Waals surface area (Å²) in [6.45, 7) is 13.5. The van der Waals surface area contributed by atoms with Gasteiger partial charge in [-0.25, -0.2) is 4.98 Å². The van der Waals surface area contributed by atoms with E-state index in [-0.39, 0.29) is 37.6 Å². The van der Waals surface area contributed by atoms with Gasteiger partial charge in [0.2, 0.25) is 0 Å². The first kappa shape index (κ1) is 48.6. The Morgan fingerprint density at radius 3 is 1.75 bits per heavy atom. The van der Waals surface area contributed by atoms with Crippen LogP contribution >= 0.6 is 0 Å². The zero-order valence-corrected chi connectivity index (χ0v) is 45.5. The van der Waals surface area contributed by atoms with Crippen molar-refractivity contribution in [2.75, 3.05) is 0 Å². The third-order valence-corrected chi connectivity index (χ3v) is 14.9. The van der Waals surface area contributed by atoms with Crippen LogP contribution in [0.25, 0.3) is 127 Å². The van der Waals surface area contributed by atoms with Gasteiger partial charge >= 0.3 is 0 Å². The van der Waals surface area contributed by atoms with Crippen LogP contribution in [-0.2, 0) is 31.9 Å². The van der Waals surface area contributed by atoms with Crippen LogP contribution in [-0.4, -0.2) is 19.6 Å². The van der Waals surface area contributed by atoms with E-state index in [0.717, 1.165) is 110 Å². The number of pyridine rings is 1. The van der Waals surface area contributed by atoms with Crippen LogP contribution in [0.1, 0.15) is 52.7 Å². The molecular weight excluding hydrogens is 1110 g/mol. The quantitative estimate of drug-likeness (QED) is 0.128. The molecule has 3 heterocycles. The number of para-hydroxylation sites is 1. The molecular formula is C70H54N3O2Pt-. The van der Waals surface area contributed by atoms with E-state index in [9.17, 15) is 5.11 Å². The maximum absolute atomic E-state index is 12.4. The van der Waals surface area contributed by atoms with Gasteiger partial charge in [-0.05, 0) is 121 Å². The Hall–Kier alpha value is -8.37. The molecule has 0 aliphatic carbocycles. The van der Waals surface area contributed by atoms with E-state index < -0.39 is 0 Å². The number of nitrogens with zero attached hydrogens (tertiary/aromatic N) is 3. The fourth-order valence-electron chi connectivity index (χ4n) is 11.0. The number of aromatic hydroxyl groups is 1. The van der Waals surface area contributed by atoms with Crippen molar-refractivity contribution in [3.05, 3.63) is 230 Å². The van der Waals surface area contributed by atoms with Crippen molar-refractivity contribution < 1.29 is 30.6 Å². The third kappa shape index (κ3) is 8.40. The molecule has 1 N–H and O–H groups in total. The molecule has 372 valence electrons. The van der Waals surface area contributed by atoms with Gasteiger partial charge in [-0.1, -0.05) is 192 Å². The number of rotatable bonds is 7. The smallest absolute Gasteiger partial charge is 0.152 e. The summed E-state index contributed by atoms with van der Waals surface area (Å²) in [5, 5.41) is 18.7. The number of phenols is 1. The molecule has 0 aliphatic rings. The van der Waals surface area contributed by atoms with Crippen LogP contribution < -0.4 is 0 Å². The molecule has 13 rings (SSSR count). The summed E-state index contributed by atoms with van der Waals surface area (Å²) in [4.78, 5) is 10.6. The van der Waals surface area contributed by atoms with Gasteiger partial charge in [-0.3, -0.25) is 9.55 Å². The van der Waals surface area contributed by atoms with Crippen molar-refractivity contribution in [3.63, 3.8) is 0 Å². The first-order valence-corrected chi connectivity index (χ1v) is 25.8. The van der Waals surface area contributed by atoms with Gasteiger partial charge in [0.15, 0.2) is 5.82 Å². The summed E-state index contributed by atoms with van der Waals surface area (Å²) in [5.74, 6) is 0.652. The van der Waals surface area contributed by atoms with Gasteiger partial charge in [-0.15, -0.1) is 29.3 Å². The Kier molecular flexibility index (Phi) is 12.0. The minimum absolute atomic E-state index is 0. The molecule has 76 heavy (non-hydrogen) atoms. The van der Waals surface area contributed by atoms with Crippen LogP contribution in [0, 0.1) is 6.07 Å². The van der Waals surface area contributed by atoms with Crippen molar-refractivity contribution in [2.24, 2.45) is 0 Å². The van der Waals surface area contributed by atoms with Gasteiger partial charge in [0, 0.05) is 49.1 Å². The molecule has 0 aliphatic heterocycles. The third-order valence-electron chi connectivity index (χ3n) is 14.9. The molecule has 0 unspecified atom stereocenters. The minimum atomic E-state index is -0.298.